The lowest BCUT2D eigenvalue weighted by Gasteiger charge is -2.31. The van der Waals surface area contributed by atoms with E-state index < -0.39 is 0 Å². The molecular weight excluding hydrogens is 290 g/mol. The number of piperazine rings is 1. The van der Waals surface area contributed by atoms with Crippen molar-refractivity contribution in [2.24, 2.45) is 0 Å². The van der Waals surface area contributed by atoms with Gasteiger partial charge < -0.3 is 15.0 Å². The van der Waals surface area contributed by atoms with Crippen LogP contribution in [0.25, 0.3) is 0 Å². The van der Waals surface area contributed by atoms with Crippen LogP contribution in [0.15, 0.2) is 42.6 Å². The third kappa shape index (κ3) is 2.80. The van der Waals surface area contributed by atoms with Gasteiger partial charge in [0.25, 0.3) is 0 Å². The molecule has 0 spiro atoms. The molecule has 1 fully saturated rings. The number of esters is 1. The Kier molecular flexibility index (Phi) is 3.71. The zero-order valence-electron chi connectivity index (χ0n) is 12.9. The highest BCUT2D eigenvalue weighted by Crippen LogP contribution is 2.31. The van der Waals surface area contributed by atoms with Gasteiger partial charge in [-0.05, 0) is 29.8 Å². The predicted molar refractivity (Wildman–Crippen MR) is 87.6 cm³/mol. The third-order valence-corrected chi connectivity index (χ3v) is 4.47. The monoisotopic (exact) mass is 309 g/mol. The molecule has 2 aliphatic rings. The summed E-state index contributed by atoms with van der Waals surface area (Å²) in [6.07, 6.45) is 2.12. The van der Waals surface area contributed by atoms with Gasteiger partial charge in [0.05, 0.1) is 11.3 Å². The quantitative estimate of drug-likeness (QED) is 0.859. The van der Waals surface area contributed by atoms with Gasteiger partial charge in [0.2, 0.25) is 0 Å². The van der Waals surface area contributed by atoms with Crippen molar-refractivity contribution >= 4 is 11.7 Å². The van der Waals surface area contributed by atoms with Crippen molar-refractivity contribution in [2.75, 3.05) is 31.1 Å². The van der Waals surface area contributed by atoms with E-state index in [4.69, 9.17) is 4.74 Å². The third-order valence-electron chi connectivity index (χ3n) is 4.47. The fourth-order valence-corrected chi connectivity index (χ4v) is 3.22. The molecule has 3 heterocycles. The number of hydrogen-bond acceptors (Lipinski definition) is 5. The van der Waals surface area contributed by atoms with Gasteiger partial charge in [-0.15, -0.1) is 0 Å². The summed E-state index contributed by atoms with van der Waals surface area (Å²) in [7, 11) is 0. The van der Waals surface area contributed by atoms with Gasteiger partial charge in [0.15, 0.2) is 0 Å². The maximum absolute atomic E-state index is 12.4. The number of cyclic esters (lactones) is 1. The minimum atomic E-state index is -0.291. The summed E-state index contributed by atoms with van der Waals surface area (Å²) in [6, 6.07) is 11.8. The van der Waals surface area contributed by atoms with Crippen LogP contribution in [0.3, 0.4) is 0 Å². The number of nitrogens with zero attached hydrogens (tertiary/aromatic N) is 2. The largest absolute Gasteiger partial charge is 0.452 e. The molecule has 118 valence electrons. The number of nitrogens with one attached hydrogen (secondary N) is 1. The summed E-state index contributed by atoms with van der Waals surface area (Å²) in [5.74, 6) is -0.251. The van der Waals surface area contributed by atoms with E-state index in [1.807, 2.05) is 24.3 Å². The van der Waals surface area contributed by atoms with Gasteiger partial charge in [-0.3, -0.25) is 4.98 Å². The number of anilines is 1. The second-order valence-corrected chi connectivity index (χ2v) is 5.93. The molecule has 1 unspecified atom stereocenters. The van der Waals surface area contributed by atoms with Gasteiger partial charge in [-0.1, -0.05) is 12.1 Å². The molecule has 1 N–H and O–H groups in total. The van der Waals surface area contributed by atoms with Crippen molar-refractivity contribution in [1.82, 2.24) is 10.3 Å². The standard InChI is InChI=1S/C18H19N3O2/c22-18-15-12-14(21-9-7-19-8-10-21)5-4-13(15)11-17(23-18)16-3-1-2-6-20-16/h1-6,12,17,19H,7-11H2. The normalized spacial score (nSPS) is 20.8. The Morgan fingerprint density at radius 2 is 2.04 bits per heavy atom. The van der Waals surface area contributed by atoms with Gasteiger partial charge in [0, 0.05) is 44.5 Å². The summed E-state index contributed by atoms with van der Waals surface area (Å²) in [5.41, 5.74) is 3.63. The molecule has 0 radical (unpaired) electrons. The summed E-state index contributed by atoms with van der Waals surface area (Å²) in [4.78, 5) is 19.0. The topological polar surface area (TPSA) is 54.5 Å². The first-order chi connectivity index (χ1) is 11.3. The fraction of sp³-hybridized carbons (Fsp3) is 0.333. The average Bonchev–Trinajstić information content (AvgIpc) is 2.63. The first-order valence-electron chi connectivity index (χ1n) is 8.02. The molecule has 1 atom stereocenters. The maximum Gasteiger partial charge on any atom is 0.339 e. The first-order valence-corrected chi connectivity index (χ1v) is 8.02. The van der Waals surface area contributed by atoms with Crippen molar-refractivity contribution in [3.63, 3.8) is 0 Å². The van der Waals surface area contributed by atoms with Crippen LogP contribution in [0, 0.1) is 0 Å². The van der Waals surface area contributed by atoms with E-state index in [1.165, 1.54) is 0 Å². The molecule has 0 bridgehead atoms. The highest BCUT2D eigenvalue weighted by Gasteiger charge is 2.29. The van der Waals surface area contributed by atoms with Crippen LogP contribution < -0.4 is 10.2 Å². The molecule has 23 heavy (non-hydrogen) atoms. The molecule has 0 saturated carbocycles. The molecule has 5 nitrogen and oxygen atoms in total. The van der Waals surface area contributed by atoms with Crippen molar-refractivity contribution in [1.29, 1.82) is 0 Å². The zero-order chi connectivity index (χ0) is 15.6. The molecule has 1 saturated heterocycles. The number of carbonyl (C=O) groups is 1. The minimum Gasteiger partial charge on any atom is -0.452 e. The van der Waals surface area contributed by atoms with E-state index >= 15 is 0 Å². The van der Waals surface area contributed by atoms with Crippen LogP contribution in [0.2, 0.25) is 0 Å². The summed E-state index contributed by atoms with van der Waals surface area (Å²) in [6.45, 7) is 3.88. The predicted octanol–water partition coefficient (Wildman–Crippen LogP) is 1.95. The van der Waals surface area contributed by atoms with E-state index in [1.54, 1.807) is 6.20 Å². The Hall–Kier alpha value is -2.40. The number of rotatable bonds is 2. The average molecular weight is 309 g/mol. The van der Waals surface area contributed by atoms with Crippen LogP contribution in [-0.2, 0) is 11.2 Å². The Morgan fingerprint density at radius 1 is 1.17 bits per heavy atom. The number of ether oxygens (including phenoxy) is 1. The fourth-order valence-electron chi connectivity index (χ4n) is 3.22. The molecule has 4 rings (SSSR count). The van der Waals surface area contributed by atoms with Gasteiger partial charge in [-0.25, -0.2) is 4.79 Å². The Bertz CT molecular complexity index is 711. The lowest BCUT2D eigenvalue weighted by atomic mass is 9.96. The first kappa shape index (κ1) is 14.2. The molecule has 0 amide bonds. The summed E-state index contributed by atoms with van der Waals surface area (Å²) >= 11 is 0. The van der Waals surface area contributed by atoms with E-state index in [9.17, 15) is 4.79 Å². The lowest BCUT2D eigenvalue weighted by Crippen LogP contribution is -2.43. The number of hydrogen-bond donors (Lipinski definition) is 1. The molecule has 2 aliphatic heterocycles. The van der Waals surface area contributed by atoms with Gasteiger partial charge in [0.1, 0.15) is 6.10 Å². The number of pyridine rings is 1. The summed E-state index contributed by atoms with van der Waals surface area (Å²) in [5, 5.41) is 3.34. The van der Waals surface area contributed by atoms with E-state index in [2.05, 4.69) is 27.3 Å². The van der Waals surface area contributed by atoms with Crippen molar-refractivity contribution in [3.05, 3.63) is 59.4 Å². The van der Waals surface area contributed by atoms with Gasteiger partial charge >= 0.3 is 5.97 Å². The summed E-state index contributed by atoms with van der Waals surface area (Å²) < 4.78 is 5.61. The van der Waals surface area contributed by atoms with E-state index in [-0.39, 0.29) is 12.1 Å². The Balaban J connectivity index is 1.61. The second-order valence-electron chi connectivity index (χ2n) is 5.93. The SMILES string of the molecule is O=C1OC(c2ccccn2)Cc2ccc(N3CCNCC3)cc21. The number of fused-ring (bicyclic) bond motifs is 1. The molecule has 5 heteroatoms. The molecule has 1 aromatic carbocycles. The van der Waals surface area contributed by atoms with Crippen LogP contribution in [-0.4, -0.2) is 37.1 Å². The Labute approximate surface area is 135 Å². The highest BCUT2D eigenvalue weighted by atomic mass is 16.5. The number of aromatic nitrogens is 1. The van der Waals surface area contributed by atoms with Crippen molar-refractivity contribution < 1.29 is 9.53 Å². The maximum atomic E-state index is 12.4. The van der Waals surface area contributed by atoms with Crippen molar-refractivity contribution in [2.45, 2.75) is 12.5 Å². The Morgan fingerprint density at radius 3 is 2.83 bits per heavy atom. The van der Waals surface area contributed by atoms with E-state index in [0.717, 1.165) is 43.1 Å². The van der Waals surface area contributed by atoms with Crippen LogP contribution in [0.4, 0.5) is 5.69 Å². The molecule has 1 aromatic heterocycles. The van der Waals surface area contributed by atoms with Crippen LogP contribution in [0.5, 0.6) is 0 Å². The van der Waals surface area contributed by atoms with Crippen LogP contribution in [0.1, 0.15) is 27.7 Å². The highest BCUT2D eigenvalue weighted by molar-refractivity contribution is 5.93. The molecule has 2 aromatic rings. The van der Waals surface area contributed by atoms with E-state index in [0.29, 0.717) is 12.0 Å². The minimum absolute atomic E-state index is 0.251. The second kappa shape index (κ2) is 6.01. The number of benzene rings is 1. The zero-order valence-corrected chi connectivity index (χ0v) is 12.9. The number of carbonyl (C=O) groups excluding carboxylic acids is 1. The smallest absolute Gasteiger partial charge is 0.339 e. The molecule has 0 aliphatic carbocycles. The lowest BCUT2D eigenvalue weighted by molar-refractivity contribution is 0.0243. The van der Waals surface area contributed by atoms with Crippen molar-refractivity contribution in [3.8, 4) is 0 Å². The molecular formula is C18H19N3O2. The van der Waals surface area contributed by atoms with Gasteiger partial charge in [-0.2, -0.15) is 0 Å². The van der Waals surface area contributed by atoms with Crippen LogP contribution >= 0.6 is 0 Å².